The van der Waals surface area contributed by atoms with Gasteiger partial charge in [0.1, 0.15) is 0 Å². The van der Waals surface area contributed by atoms with Gasteiger partial charge in [0.05, 0.1) is 0 Å². The van der Waals surface area contributed by atoms with Crippen LogP contribution in [0.15, 0.2) is 11.4 Å². The van der Waals surface area contributed by atoms with Crippen molar-refractivity contribution >= 4 is 17.3 Å². The van der Waals surface area contributed by atoms with Crippen molar-refractivity contribution in [1.29, 1.82) is 0 Å². The Kier molecular flexibility index (Phi) is 4.99. The highest BCUT2D eigenvalue weighted by molar-refractivity contribution is 7.10. The molecule has 0 aromatic carbocycles. The zero-order valence-corrected chi connectivity index (χ0v) is 12.6. The number of piperidine rings is 1. The standard InChI is InChI=1S/C15H23NO2S/c1-11-7-9-19-15(11)12(2)16-8-3-4-13(10-16)5-6-14(17)18/h7,9,12-13H,3-6,8,10H2,1-2H3,(H,17,18). The molecule has 2 rings (SSSR count). The summed E-state index contributed by atoms with van der Waals surface area (Å²) in [6.45, 7) is 6.64. The highest BCUT2D eigenvalue weighted by Gasteiger charge is 2.25. The largest absolute Gasteiger partial charge is 0.481 e. The van der Waals surface area contributed by atoms with Gasteiger partial charge in [-0.1, -0.05) is 0 Å². The Morgan fingerprint density at radius 2 is 2.42 bits per heavy atom. The van der Waals surface area contributed by atoms with Crippen molar-refractivity contribution in [1.82, 2.24) is 4.90 Å². The minimum absolute atomic E-state index is 0.310. The van der Waals surface area contributed by atoms with E-state index in [1.807, 2.05) is 11.3 Å². The molecule has 0 amide bonds. The molecular weight excluding hydrogens is 258 g/mol. The SMILES string of the molecule is Cc1ccsc1C(C)N1CCCC(CCC(=O)O)C1. The molecule has 0 radical (unpaired) electrons. The molecule has 0 bridgehead atoms. The fraction of sp³-hybridized carbons (Fsp3) is 0.667. The summed E-state index contributed by atoms with van der Waals surface area (Å²) in [5, 5.41) is 11.0. The smallest absolute Gasteiger partial charge is 0.303 e. The van der Waals surface area contributed by atoms with Crippen LogP contribution in [0, 0.1) is 12.8 Å². The zero-order chi connectivity index (χ0) is 13.8. The molecule has 0 aliphatic carbocycles. The highest BCUT2D eigenvalue weighted by atomic mass is 32.1. The van der Waals surface area contributed by atoms with Crippen LogP contribution >= 0.6 is 11.3 Å². The van der Waals surface area contributed by atoms with Gasteiger partial charge in [0, 0.05) is 23.9 Å². The van der Waals surface area contributed by atoms with Crippen molar-refractivity contribution in [3.8, 4) is 0 Å². The third kappa shape index (κ3) is 3.80. The quantitative estimate of drug-likeness (QED) is 0.894. The summed E-state index contributed by atoms with van der Waals surface area (Å²) in [7, 11) is 0. The maximum Gasteiger partial charge on any atom is 0.303 e. The fourth-order valence-corrected chi connectivity index (χ4v) is 4.01. The Morgan fingerprint density at radius 1 is 1.63 bits per heavy atom. The van der Waals surface area contributed by atoms with E-state index in [1.165, 1.54) is 23.3 Å². The molecule has 1 N–H and O–H groups in total. The van der Waals surface area contributed by atoms with Gasteiger partial charge >= 0.3 is 5.97 Å². The first-order valence-electron chi connectivity index (χ1n) is 7.07. The minimum Gasteiger partial charge on any atom is -0.481 e. The van der Waals surface area contributed by atoms with Gasteiger partial charge in [-0.15, -0.1) is 11.3 Å². The van der Waals surface area contributed by atoms with Crippen molar-refractivity contribution in [2.75, 3.05) is 13.1 Å². The monoisotopic (exact) mass is 281 g/mol. The van der Waals surface area contributed by atoms with Crippen LogP contribution < -0.4 is 0 Å². The molecular formula is C15H23NO2S. The van der Waals surface area contributed by atoms with Crippen LogP contribution in [0.3, 0.4) is 0 Å². The molecule has 4 heteroatoms. The average Bonchev–Trinajstić information content (AvgIpc) is 2.82. The lowest BCUT2D eigenvalue weighted by Gasteiger charge is -2.36. The van der Waals surface area contributed by atoms with Gasteiger partial charge in [-0.2, -0.15) is 0 Å². The van der Waals surface area contributed by atoms with Crippen LogP contribution in [0.5, 0.6) is 0 Å². The molecule has 1 fully saturated rings. The Balaban J connectivity index is 1.93. The number of hydrogen-bond donors (Lipinski definition) is 1. The number of nitrogens with zero attached hydrogens (tertiary/aromatic N) is 1. The van der Waals surface area contributed by atoms with Gasteiger partial charge in [-0.3, -0.25) is 9.69 Å². The minimum atomic E-state index is -0.667. The van der Waals surface area contributed by atoms with Gasteiger partial charge < -0.3 is 5.11 Å². The predicted octanol–water partition coefficient (Wildman–Crippen LogP) is 3.69. The first-order chi connectivity index (χ1) is 9.08. The Morgan fingerprint density at radius 3 is 3.05 bits per heavy atom. The number of hydrogen-bond acceptors (Lipinski definition) is 3. The summed E-state index contributed by atoms with van der Waals surface area (Å²) in [4.78, 5) is 14.7. The highest BCUT2D eigenvalue weighted by Crippen LogP contribution is 2.32. The fourth-order valence-electron chi connectivity index (χ4n) is 2.99. The number of carboxylic acids is 1. The second-order valence-corrected chi connectivity index (χ2v) is 6.53. The maximum atomic E-state index is 10.7. The number of carboxylic acid groups (broad SMARTS) is 1. The van der Waals surface area contributed by atoms with Crippen LogP contribution in [-0.4, -0.2) is 29.1 Å². The number of aryl methyl sites for hydroxylation is 1. The van der Waals surface area contributed by atoms with Gasteiger partial charge in [0.25, 0.3) is 0 Å². The molecule has 2 heterocycles. The first-order valence-corrected chi connectivity index (χ1v) is 7.95. The second-order valence-electron chi connectivity index (χ2n) is 5.58. The molecule has 1 aromatic heterocycles. The summed E-state index contributed by atoms with van der Waals surface area (Å²) in [6.07, 6.45) is 3.51. The molecule has 2 atom stereocenters. The van der Waals surface area contributed by atoms with Crippen LogP contribution in [0.4, 0.5) is 0 Å². The third-order valence-corrected chi connectivity index (χ3v) is 5.33. The number of carbonyl (C=O) groups is 1. The van der Waals surface area contributed by atoms with Gasteiger partial charge in [0.2, 0.25) is 0 Å². The molecule has 1 saturated heterocycles. The molecule has 1 aliphatic heterocycles. The van der Waals surface area contributed by atoms with Crippen LogP contribution in [-0.2, 0) is 4.79 Å². The molecule has 0 saturated carbocycles. The summed E-state index contributed by atoms with van der Waals surface area (Å²) in [6, 6.07) is 2.65. The topological polar surface area (TPSA) is 40.5 Å². The molecule has 3 nitrogen and oxygen atoms in total. The number of aliphatic carboxylic acids is 1. The average molecular weight is 281 g/mol. The van der Waals surface area contributed by atoms with E-state index in [9.17, 15) is 4.79 Å². The van der Waals surface area contributed by atoms with E-state index in [2.05, 4.69) is 30.2 Å². The Hall–Kier alpha value is -0.870. The van der Waals surface area contributed by atoms with Crippen LogP contribution in [0.2, 0.25) is 0 Å². The van der Waals surface area contributed by atoms with Gasteiger partial charge in [-0.05, 0) is 62.6 Å². The molecule has 1 aliphatic rings. The van der Waals surface area contributed by atoms with E-state index in [0.717, 1.165) is 19.5 Å². The van der Waals surface area contributed by atoms with Gasteiger partial charge in [0.15, 0.2) is 0 Å². The number of likely N-dealkylation sites (tertiary alicyclic amines) is 1. The van der Waals surface area contributed by atoms with E-state index in [0.29, 0.717) is 18.4 Å². The van der Waals surface area contributed by atoms with Crippen molar-refractivity contribution in [2.24, 2.45) is 5.92 Å². The zero-order valence-electron chi connectivity index (χ0n) is 11.8. The van der Waals surface area contributed by atoms with E-state index < -0.39 is 5.97 Å². The molecule has 106 valence electrons. The molecule has 19 heavy (non-hydrogen) atoms. The second kappa shape index (κ2) is 6.53. The Labute approximate surface area is 119 Å². The first kappa shape index (κ1) is 14.5. The van der Waals surface area contributed by atoms with Crippen molar-refractivity contribution < 1.29 is 9.90 Å². The lowest BCUT2D eigenvalue weighted by atomic mass is 9.92. The van der Waals surface area contributed by atoms with Crippen molar-refractivity contribution in [3.05, 3.63) is 21.9 Å². The van der Waals surface area contributed by atoms with E-state index in [-0.39, 0.29) is 0 Å². The van der Waals surface area contributed by atoms with E-state index >= 15 is 0 Å². The van der Waals surface area contributed by atoms with Crippen molar-refractivity contribution in [2.45, 2.75) is 45.6 Å². The normalized spacial score (nSPS) is 22.3. The van der Waals surface area contributed by atoms with E-state index in [1.54, 1.807) is 0 Å². The molecule has 1 aromatic rings. The maximum absolute atomic E-state index is 10.7. The molecule has 0 spiro atoms. The Bertz CT molecular complexity index is 430. The van der Waals surface area contributed by atoms with Gasteiger partial charge in [-0.25, -0.2) is 0 Å². The number of thiophene rings is 1. The third-order valence-electron chi connectivity index (χ3n) is 4.15. The summed E-state index contributed by atoms with van der Waals surface area (Å²) < 4.78 is 0. The van der Waals surface area contributed by atoms with Crippen LogP contribution in [0.1, 0.15) is 49.1 Å². The summed E-state index contributed by atoms with van der Waals surface area (Å²) in [5.74, 6) is -0.119. The van der Waals surface area contributed by atoms with E-state index in [4.69, 9.17) is 5.11 Å². The predicted molar refractivity (Wildman–Crippen MR) is 78.6 cm³/mol. The molecule has 2 unspecified atom stereocenters. The van der Waals surface area contributed by atoms with Crippen LogP contribution in [0.25, 0.3) is 0 Å². The van der Waals surface area contributed by atoms with Crippen molar-refractivity contribution in [3.63, 3.8) is 0 Å². The summed E-state index contributed by atoms with van der Waals surface area (Å²) >= 11 is 1.83. The summed E-state index contributed by atoms with van der Waals surface area (Å²) in [5.41, 5.74) is 1.38. The lowest BCUT2D eigenvalue weighted by molar-refractivity contribution is -0.137. The number of rotatable bonds is 5. The lowest BCUT2D eigenvalue weighted by Crippen LogP contribution is -2.37.